The number of rotatable bonds is 4. The normalized spacial score (nSPS) is 21.0. The number of carbonyl (C=O) groups is 1. The summed E-state index contributed by atoms with van der Waals surface area (Å²) in [6.45, 7) is 0. The highest BCUT2D eigenvalue weighted by molar-refractivity contribution is 6.30. The Morgan fingerprint density at radius 3 is 2.32 bits per heavy atom. The lowest BCUT2D eigenvalue weighted by atomic mass is 9.85. The number of hydrogen-bond donors (Lipinski definition) is 2. The van der Waals surface area contributed by atoms with Gasteiger partial charge >= 0.3 is 0 Å². The van der Waals surface area contributed by atoms with Gasteiger partial charge in [0.05, 0.1) is 6.04 Å². The lowest BCUT2D eigenvalue weighted by molar-refractivity contribution is -0.126. The van der Waals surface area contributed by atoms with Crippen LogP contribution in [0.4, 0.5) is 0 Å². The molecule has 1 fully saturated rings. The maximum atomic E-state index is 12.8. The van der Waals surface area contributed by atoms with E-state index in [0.29, 0.717) is 5.02 Å². The third-order valence-electron chi connectivity index (χ3n) is 4.71. The van der Waals surface area contributed by atoms with Crippen LogP contribution in [-0.4, -0.2) is 11.9 Å². The number of carbonyl (C=O) groups excluding carboxylic acids is 1. The van der Waals surface area contributed by atoms with Gasteiger partial charge in [0.2, 0.25) is 5.91 Å². The van der Waals surface area contributed by atoms with E-state index in [2.05, 4.69) is 5.32 Å². The summed E-state index contributed by atoms with van der Waals surface area (Å²) in [7, 11) is 0. The van der Waals surface area contributed by atoms with Crippen molar-refractivity contribution in [3.05, 3.63) is 70.7 Å². The molecule has 0 radical (unpaired) electrons. The summed E-state index contributed by atoms with van der Waals surface area (Å²) >= 11 is 6.00. The molecule has 3 unspecified atom stereocenters. The monoisotopic (exact) mass is 378 g/mol. The van der Waals surface area contributed by atoms with Crippen LogP contribution in [0.1, 0.15) is 42.9 Å². The van der Waals surface area contributed by atoms with Gasteiger partial charge in [0, 0.05) is 17.0 Å². The summed E-state index contributed by atoms with van der Waals surface area (Å²) in [6.07, 6.45) is 3.73. The van der Waals surface area contributed by atoms with Gasteiger partial charge in [-0.25, -0.2) is 0 Å². The average Bonchev–Trinajstić information content (AvgIpc) is 2.61. The topological polar surface area (TPSA) is 55.1 Å². The molecule has 0 bridgehead atoms. The molecule has 5 heteroatoms. The van der Waals surface area contributed by atoms with Crippen LogP contribution in [0, 0.1) is 5.92 Å². The largest absolute Gasteiger partial charge is 0.345 e. The van der Waals surface area contributed by atoms with Crippen LogP contribution >= 0.6 is 24.0 Å². The van der Waals surface area contributed by atoms with Gasteiger partial charge in [-0.2, -0.15) is 0 Å². The van der Waals surface area contributed by atoms with E-state index < -0.39 is 0 Å². The predicted octanol–water partition coefficient (Wildman–Crippen LogP) is 4.48. The zero-order valence-corrected chi connectivity index (χ0v) is 15.6. The molecule has 0 aliphatic heterocycles. The van der Waals surface area contributed by atoms with Crippen LogP contribution < -0.4 is 11.1 Å². The first-order valence-electron chi connectivity index (χ1n) is 8.50. The van der Waals surface area contributed by atoms with Crippen LogP contribution in [0.25, 0.3) is 0 Å². The molecule has 3 rings (SSSR count). The Labute approximate surface area is 160 Å². The van der Waals surface area contributed by atoms with E-state index in [-0.39, 0.29) is 36.3 Å². The molecule has 3 nitrogen and oxygen atoms in total. The van der Waals surface area contributed by atoms with Gasteiger partial charge in [-0.05, 0) is 42.5 Å². The molecular formula is C20H24Cl2N2O. The molecule has 2 aromatic rings. The molecule has 1 aliphatic rings. The Hall–Kier alpha value is -1.55. The Bertz CT molecular complexity index is 676. The van der Waals surface area contributed by atoms with Crippen molar-refractivity contribution in [2.75, 3.05) is 0 Å². The fraction of sp³-hybridized carbons (Fsp3) is 0.350. The lowest BCUT2D eigenvalue weighted by Gasteiger charge is -2.28. The second kappa shape index (κ2) is 9.23. The second-order valence-electron chi connectivity index (χ2n) is 6.53. The zero-order chi connectivity index (χ0) is 16.9. The lowest BCUT2D eigenvalue weighted by Crippen LogP contribution is -2.39. The maximum absolute atomic E-state index is 12.8. The number of nitrogens with two attached hydrogens (primary N) is 1. The van der Waals surface area contributed by atoms with Crippen molar-refractivity contribution in [1.82, 2.24) is 5.32 Å². The standard InChI is InChI=1S/C20H23ClN2O.ClH/c21-17-11-9-15(10-12-17)19(14-5-2-1-3-6-14)23-20(24)16-7-4-8-18(22)13-16;/h1-3,5-6,9-12,16,18-19H,4,7-8,13,22H2,(H,23,24);1H. The fourth-order valence-corrected chi connectivity index (χ4v) is 3.51. The van der Waals surface area contributed by atoms with Gasteiger partial charge in [-0.1, -0.05) is 60.5 Å². The van der Waals surface area contributed by atoms with Crippen molar-refractivity contribution >= 4 is 29.9 Å². The van der Waals surface area contributed by atoms with Crippen LogP contribution in [0.15, 0.2) is 54.6 Å². The average molecular weight is 379 g/mol. The van der Waals surface area contributed by atoms with Crippen molar-refractivity contribution in [2.45, 2.75) is 37.8 Å². The van der Waals surface area contributed by atoms with Gasteiger partial charge in [-0.15, -0.1) is 12.4 Å². The van der Waals surface area contributed by atoms with Gasteiger partial charge in [0.15, 0.2) is 0 Å². The summed E-state index contributed by atoms with van der Waals surface area (Å²) in [5.74, 6) is 0.0983. The molecule has 3 N–H and O–H groups in total. The summed E-state index contributed by atoms with van der Waals surface area (Å²) < 4.78 is 0. The Balaban J connectivity index is 0.00000225. The van der Waals surface area contributed by atoms with Crippen molar-refractivity contribution in [3.8, 4) is 0 Å². The third kappa shape index (κ3) is 5.21. The smallest absolute Gasteiger partial charge is 0.223 e. The molecule has 25 heavy (non-hydrogen) atoms. The molecule has 134 valence electrons. The SMILES string of the molecule is Cl.NC1CCCC(C(=O)NC(c2ccccc2)c2ccc(Cl)cc2)C1. The van der Waals surface area contributed by atoms with Crippen molar-refractivity contribution in [3.63, 3.8) is 0 Å². The Kier molecular flexibility index (Phi) is 7.30. The summed E-state index contributed by atoms with van der Waals surface area (Å²) in [4.78, 5) is 12.8. The highest BCUT2D eigenvalue weighted by Gasteiger charge is 2.27. The van der Waals surface area contributed by atoms with Crippen molar-refractivity contribution in [1.29, 1.82) is 0 Å². The van der Waals surface area contributed by atoms with Gasteiger partial charge in [0.25, 0.3) is 0 Å². The summed E-state index contributed by atoms with van der Waals surface area (Å²) in [5.41, 5.74) is 8.13. The minimum absolute atomic E-state index is 0. The number of benzene rings is 2. The first-order chi connectivity index (χ1) is 11.6. The first-order valence-corrected chi connectivity index (χ1v) is 8.87. The molecule has 0 aromatic heterocycles. The Morgan fingerprint density at radius 2 is 1.68 bits per heavy atom. The summed E-state index contributed by atoms with van der Waals surface area (Å²) in [5, 5.41) is 3.91. The van der Waals surface area contributed by atoms with Crippen LogP contribution in [0.5, 0.6) is 0 Å². The zero-order valence-electron chi connectivity index (χ0n) is 14.0. The van der Waals surface area contributed by atoms with E-state index in [1.165, 1.54) is 0 Å². The third-order valence-corrected chi connectivity index (χ3v) is 4.96. The maximum Gasteiger partial charge on any atom is 0.223 e. The second-order valence-corrected chi connectivity index (χ2v) is 6.96. The summed E-state index contributed by atoms with van der Waals surface area (Å²) in [6, 6.07) is 17.6. The highest BCUT2D eigenvalue weighted by atomic mass is 35.5. The van der Waals surface area contributed by atoms with Gasteiger partial charge < -0.3 is 11.1 Å². The van der Waals surface area contributed by atoms with E-state index in [0.717, 1.165) is 36.8 Å². The van der Waals surface area contributed by atoms with E-state index in [9.17, 15) is 4.79 Å². The van der Waals surface area contributed by atoms with Crippen LogP contribution in [-0.2, 0) is 4.79 Å². The minimum Gasteiger partial charge on any atom is -0.345 e. The molecule has 2 aromatic carbocycles. The molecule has 3 atom stereocenters. The van der Waals surface area contributed by atoms with Gasteiger partial charge in [0.1, 0.15) is 0 Å². The fourth-order valence-electron chi connectivity index (χ4n) is 3.39. The Morgan fingerprint density at radius 1 is 1.04 bits per heavy atom. The number of hydrogen-bond acceptors (Lipinski definition) is 2. The number of nitrogens with one attached hydrogen (secondary N) is 1. The van der Waals surface area contributed by atoms with Crippen LogP contribution in [0.3, 0.4) is 0 Å². The number of amides is 1. The molecule has 1 amide bonds. The molecule has 1 aliphatic carbocycles. The predicted molar refractivity (Wildman–Crippen MR) is 105 cm³/mol. The molecule has 1 saturated carbocycles. The highest BCUT2D eigenvalue weighted by Crippen LogP contribution is 2.27. The molecule has 0 heterocycles. The number of halogens is 2. The minimum atomic E-state index is -0.172. The van der Waals surface area contributed by atoms with Crippen LogP contribution in [0.2, 0.25) is 5.02 Å². The van der Waals surface area contributed by atoms with Gasteiger partial charge in [-0.3, -0.25) is 4.79 Å². The molecular weight excluding hydrogens is 355 g/mol. The first kappa shape index (κ1) is 19.8. The van der Waals surface area contributed by atoms with E-state index in [4.69, 9.17) is 17.3 Å². The quantitative estimate of drug-likeness (QED) is 0.823. The van der Waals surface area contributed by atoms with E-state index >= 15 is 0 Å². The van der Waals surface area contributed by atoms with Crippen molar-refractivity contribution in [2.24, 2.45) is 11.7 Å². The molecule has 0 saturated heterocycles. The van der Waals surface area contributed by atoms with E-state index in [1.54, 1.807) is 0 Å². The van der Waals surface area contributed by atoms with E-state index in [1.807, 2.05) is 54.6 Å². The molecule has 0 spiro atoms. The van der Waals surface area contributed by atoms with Crippen molar-refractivity contribution < 1.29 is 4.79 Å².